The van der Waals surface area contributed by atoms with Crippen molar-refractivity contribution in [2.24, 2.45) is 7.05 Å². The van der Waals surface area contributed by atoms with Crippen molar-refractivity contribution in [2.45, 2.75) is 6.54 Å². The van der Waals surface area contributed by atoms with E-state index >= 15 is 0 Å². The molecule has 18 heavy (non-hydrogen) atoms. The van der Waals surface area contributed by atoms with Gasteiger partial charge in [-0.25, -0.2) is 0 Å². The van der Waals surface area contributed by atoms with Gasteiger partial charge in [0.1, 0.15) is 0 Å². The second kappa shape index (κ2) is 5.31. The molecular formula is C14H15N3O. The molecule has 0 radical (unpaired) electrons. The number of nitrogens with one attached hydrogen (secondary N) is 1. The van der Waals surface area contributed by atoms with Crippen LogP contribution in [-0.4, -0.2) is 15.7 Å². The molecule has 0 aliphatic heterocycles. The van der Waals surface area contributed by atoms with Crippen LogP contribution in [-0.2, 0) is 18.4 Å². The van der Waals surface area contributed by atoms with Crippen molar-refractivity contribution in [1.29, 1.82) is 0 Å². The van der Waals surface area contributed by atoms with Crippen LogP contribution in [0.15, 0.2) is 49.3 Å². The molecule has 1 aromatic carbocycles. The molecule has 0 atom stereocenters. The van der Waals surface area contributed by atoms with Gasteiger partial charge in [0.15, 0.2) is 0 Å². The van der Waals surface area contributed by atoms with Gasteiger partial charge in [-0.2, -0.15) is 5.10 Å². The van der Waals surface area contributed by atoms with Crippen molar-refractivity contribution in [1.82, 2.24) is 15.1 Å². The quantitative estimate of drug-likeness (QED) is 0.831. The molecule has 4 nitrogen and oxygen atoms in total. The summed E-state index contributed by atoms with van der Waals surface area (Å²) < 4.78 is 1.76. The molecule has 0 fully saturated rings. The normalized spacial score (nSPS) is 10.1. The summed E-state index contributed by atoms with van der Waals surface area (Å²) in [6.07, 6.45) is 5.04. The lowest BCUT2D eigenvalue weighted by atomic mass is 10.0. The highest BCUT2D eigenvalue weighted by atomic mass is 16.1. The molecule has 0 unspecified atom stereocenters. The minimum Gasteiger partial charge on any atom is -0.348 e. The smallest absolute Gasteiger partial charge is 0.243 e. The van der Waals surface area contributed by atoms with Gasteiger partial charge in [-0.3, -0.25) is 9.48 Å². The van der Waals surface area contributed by atoms with E-state index in [1.807, 2.05) is 43.7 Å². The van der Waals surface area contributed by atoms with Crippen LogP contribution in [0.4, 0.5) is 0 Å². The molecule has 1 heterocycles. The highest BCUT2D eigenvalue weighted by Gasteiger charge is 2.06. The van der Waals surface area contributed by atoms with Gasteiger partial charge in [-0.05, 0) is 17.2 Å². The zero-order valence-electron chi connectivity index (χ0n) is 10.3. The molecule has 4 heteroatoms. The standard InChI is InChI=1S/C14H15N3O/c1-3-14(18)15-8-11-6-4-5-7-13(11)12-9-16-17(2)10-12/h3-7,9-10H,1,8H2,2H3,(H,15,18). The van der Waals surface area contributed by atoms with Crippen LogP contribution in [0.5, 0.6) is 0 Å². The first-order valence-corrected chi connectivity index (χ1v) is 5.68. The predicted octanol–water partition coefficient (Wildman–Crippen LogP) is 1.89. The summed E-state index contributed by atoms with van der Waals surface area (Å²) in [6, 6.07) is 7.94. The molecule has 1 N–H and O–H groups in total. The molecule has 2 aromatic rings. The van der Waals surface area contributed by atoms with Gasteiger partial charge in [0, 0.05) is 25.4 Å². The van der Waals surface area contributed by atoms with Crippen LogP contribution >= 0.6 is 0 Å². The Morgan fingerprint density at radius 2 is 2.28 bits per heavy atom. The molecule has 0 spiro atoms. The second-order valence-electron chi connectivity index (χ2n) is 3.98. The molecule has 0 saturated heterocycles. The maximum atomic E-state index is 11.2. The minimum atomic E-state index is -0.170. The van der Waals surface area contributed by atoms with Gasteiger partial charge in [-0.15, -0.1) is 0 Å². The topological polar surface area (TPSA) is 46.9 Å². The fourth-order valence-electron chi connectivity index (χ4n) is 1.77. The van der Waals surface area contributed by atoms with E-state index in [1.54, 1.807) is 4.68 Å². The van der Waals surface area contributed by atoms with Crippen molar-refractivity contribution in [3.05, 3.63) is 54.9 Å². The van der Waals surface area contributed by atoms with E-state index in [9.17, 15) is 4.79 Å². The first-order valence-electron chi connectivity index (χ1n) is 5.68. The minimum absolute atomic E-state index is 0.170. The van der Waals surface area contributed by atoms with Gasteiger partial charge < -0.3 is 5.32 Å². The number of amides is 1. The average Bonchev–Trinajstić information content (AvgIpc) is 2.83. The first-order chi connectivity index (χ1) is 8.70. The highest BCUT2D eigenvalue weighted by molar-refractivity contribution is 5.86. The lowest BCUT2D eigenvalue weighted by Gasteiger charge is -2.08. The van der Waals surface area contributed by atoms with E-state index in [2.05, 4.69) is 17.0 Å². The Kier molecular flexibility index (Phi) is 3.57. The number of hydrogen-bond acceptors (Lipinski definition) is 2. The molecule has 1 amide bonds. The third-order valence-electron chi connectivity index (χ3n) is 2.67. The van der Waals surface area contributed by atoms with Gasteiger partial charge >= 0.3 is 0 Å². The average molecular weight is 241 g/mol. The van der Waals surface area contributed by atoms with Crippen LogP contribution in [0, 0.1) is 0 Å². The van der Waals surface area contributed by atoms with Crippen molar-refractivity contribution >= 4 is 5.91 Å². The number of hydrogen-bond donors (Lipinski definition) is 1. The molecule has 2 rings (SSSR count). The Bertz CT molecular complexity index is 572. The third kappa shape index (κ3) is 2.66. The summed E-state index contributed by atoms with van der Waals surface area (Å²) >= 11 is 0. The fraction of sp³-hybridized carbons (Fsp3) is 0.143. The van der Waals surface area contributed by atoms with E-state index in [0.717, 1.165) is 16.7 Å². The van der Waals surface area contributed by atoms with Gasteiger partial charge in [0.05, 0.1) is 6.20 Å². The Morgan fingerprint density at radius 3 is 2.94 bits per heavy atom. The largest absolute Gasteiger partial charge is 0.348 e. The van der Waals surface area contributed by atoms with Crippen LogP contribution in [0.3, 0.4) is 0 Å². The summed E-state index contributed by atoms with van der Waals surface area (Å²) in [5, 5.41) is 6.94. The molecule has 0 bridgehead atoms. The lowest BCUT2D eigenvalue weighted by Crippen LogP contribution is -2.20. The molecule has 0 saturated carbocycles. The highest BCUT2D eigenvalue weighted by Crippen LogP contribution is 2.22. The number of aromatic nitrogens is 2. The number of carbonyl (C=O) groups excluding carboxylic acids is 1. The van der Waals surface area contributed by atoms with E-state index in [0.29, 0.717) is 6.54 Å². The summed E-state index contributed by atoms with van der Waals surface area (Å²) in [4.78, 5) is 11.2. The Labute approximate surface area is 106 Å². The monoisotopic (exact) mass is 241 g/mol. The second-order valence-corrected chi connectivity index (χ2v) is 3.98. The Morgan fingerprint density at radius 1 is 1.50 bits per heavy atom. The number of benzene rings is 1. The fourth-order valence-corrected chi connectivity index (χ4v) is 1.77. The maximum Gasteiger partial charge on any atom is 0.243 e. The Balaban J connectivity index is 2.25. The zero-order chi connectivity index (χ0) is 13.0. The van der Waals surface area contributed by atoms with Gasteiger partial charge in [-0.1, -0.05) is 30.8 Å². The molecule has 1 aromatic heterocycles. The molecule has 0 aliphatic rings. The first kappa shape index (κ1) is 12.1. The number of aryl methyl sites for hydroxylation is 1. The number of rotatable bonds is 4. The summed E-state index contributed by atoms with van der Waals surface area (Å²) in [6.45, 7) is 3.91. The lowest BCUT2D eigenvalue weighted by molar-refractivity contribution is -0.116. The summed E-state index contributed by atoms with van der Waals surface area (Å²) in [5.74, 6) is -0.170. The van der Waals surface area contributed by atoms with Crippen LogP contribution in [0.1, 0.15) is 5.56 Å². The third-order valence-corrected chi connectivity index (χ3v) is 2.67. The van der Waals surface area contributed by atoms with Gasteiger partial charge in [0.25, 0.3) is 0 Å². The SMILES string of the molecule is C=CC(=O)NCc1ccccc1-c1cnn(C)c1. The van der Waals surface area contributed by atoms with E-state index in [-0.39, 0.29) is 5.91 Å². The number of nitrogens with zero attached hydrogens (tertiary/aromatic N) is 2. The zero-order valence-corrected chi connectivity index (χ0v) is 10.3. The van der Waals surface area contributed by atoms with Crippen molar-refractivity contribution in [3.63, 3.8) is 0 Å². The van der Waals surface area contributed by atoms with Crippen LogP contribution in [0.2, 0.25) is 0 Å². The van der Waals surface area contributed by atoms with E-state index in [1.165, 1.54) is 6.08 Å². The van der Waals surface area contributed by atoms with Crippen LogP contribution in [0.25, 0.3) is 11.1 Å². The number of carbonyl (C=O) groups is 1. The molecule has 0 aliphatic carbocycles. The van der Waals surface area contributed by atoms with E-state index in [4.69, 9.17) is 0 Å². The van der Waals surface area contributed by atoms with E-state index < -0.39 is 0 Å². The predicted molar refractivity (Wildman–Crippen MR) is 70.7 cm³/mol. The van der Waals surface area contributed by atoms with Gasteiger partial charge in [0.2, 0.25) is 5.91 Å². The molecular weight excluding hydrogens is 226 g/mol. The van der Waals surface area contributed by atoms with Crippen molar-refractivity contribution in [3.8, 4) is 11.1 Å². The van der Waals surface area contributed by atoms with Crippen molar-refractivity contribution < 1.29 is 4.79 Å². The summed E-state index contributed by atoms with van der Waals surface area (Å²) in [7, 11) is 1.88. The Hall–Kier alpha value is -2.36. The van der Waals surface area contributed by atoms with Crippen molar-refractivity contribution in [2.75, 3.05) is 0 Å². The maximum absolute atomic E-state index is 11.2. The summed E-state index contributed by atoms with van der Waals surface area (Å²) in [5.41, 5.74) is 3.18. The molecule has 92 valence electrons. The van der Waals surface area contributed by atoms with Crippen LogP contribution < -0.4 is 5.32 Å².